The van der Waals surface area contributed by atoms with Crippen molar-refractivity contribution in [2.45, 2.75) is 32.2 Å². The molecule has 126 valence electrons. The number of halogens is 1. The number of nitrogens with zero attached hydrogens (tertiary/aromatic N) is 1. The first kappa shape index (κ1) is 17.8. The van der Waals surface area contributed by atoms with E-state index in [2.05, 4.69) is 5.32 Å². The quantitative estimate of drug-likeness (QED) is 0.863. The van der Waals surface area contributed by atoms with Gasteiger partial charge in [-0.15, -0.1) is 0 Å². The predicted molar refractivity (Wildman–Crippen MR) is 89.4 cm³/mol. The fourth-order valence-corrected chi connectivity index (χ4v) is 3.02. The van der Waals surface area contributed by atoms with E-state index in [0.717, 1.165) is 18.4 Å². The van der Waals surface area contributed by atoms with Gasteiger partial charge < -0.3 is 15.0 Å². The molecule has 6 heteroatoms. The van der Waals surface area contributed by atoms with Crippen LogP contribution in [0.25, 0.3) is 0 Å². The summed E-state index contributed by atoms with van der Waals surface area (Å²) in [6.45, 7) is 3.94. The smallest absolute Gasteiger partial charge is 0.224 e. The van der Waals surface area contributed by atoms with E-state index < -0.39 is 0 Å². The van der Waals surface area contributed by atoms with Crippen molar-refractivity contribution in [1.82, 2.24) is 10.2 Å². The lowest BCUT2D eigenvalue weighted by Gasteiger charge is -2.33. The van der Waals surface area contributed by atoms with Gasteiger partial charge >= 0.3 is 0 Å². The third kappa shape index (κ3) is 5.84. The highest BCUT2D eigenvalue weighted by Gasteiger charge is 2.23. The maximum atomic E-state index is 12.0. The second-order valence-electron chi connectivity index (χ2n) is 5.71. The molecular weight excluding hydrogens is 316 g/mol. The largest absolute Gasteiger partial charge is 0.381 e. The summed E-state index contributed by atoms with van der Waals surface area (Å²) in [6, 6.07) is 7.47. The molecule has 1 aliphatic heterocycles. The summed E-state index contributed by atoms with van der Waals surface area (Å²) >= 11 is 5.91. The van der Waals surface area contributed by atoms with Crippen LogP contribution in [0.3, 0.4) is 0 Å². The first-order valence-corrected chi connectivity index (χ1v) is 8.30. The second kappa shape index (κ2) is 8.89. The van der Waals surface area contributed by atoms with Crippen LogP contribution in [0.5, 0.6) is 0 Å². The number of ether oxygens (including phenoxy) is 1. The van der Waals surface area contributed by atoms with Gasteiger partial charge in [0, 0.05) is 44.3 Å². The van der Waals surface area contributed by atoms with Gasteiger partial charge in [-0.25, -0.2) is 0 Å². The van der Waals surface area contributed by atoms with E-state index in [4.69, 9.17) is 16.3 Å². The molecule has 1 aromatic carbocycles. The van der Waals surface area contributed by atoms with Gasteiger partial charge in [0.15, 0.2) is 0 Å². The molecule has 23 heavy (non-hydrogen) atoms. The first-order chi connectivity index (χ1) is 11.1. The number of carbonyl (C=O) groups excluding carboxylic acids is 2. The standard InChI is InChI=1S/C17H23ClN2O3/c1-13(21)20(16-5-9-23-10-6-16)8-7-19-17(22)12-14-3-2-4-15(18)11-14/h2-4,11,16H,5-10,12H2,1H3,(H,19,22). The molecule has 2 amide bonds. The lowest BCUT2D eigenvalue weighted by Crippen LogP contribution is -2.46. The Morgan fingerprint density at radius 3 is 2.74 bits per heavy atom. The molecule has 1 fully saturated rings. The molecule has 0 bridgehead atoms. The second-order valence-corrected chi connectivity index (χ2v) is 6.15. The molecule has 0 aliphatic carbocycles. The maximum absolute atomic E-state index is 12.0. The van der Waals surface area contributed by atoms with Crippen LogP contribution in [0.15, 0.2) is 24.3 Å². The summed E-state index contributed by atoms with van der Waals surface area (Å²) in [5, 5.41) is 3.49. The lowest BCUT2D eigenvalue weighted by atomic mass is 10.1. The summed E-state index contributed by atoms with van der Waals surface area (Å²) < 4.78 is 5.33. The van der Waals surface area contributed by atoms with Crippen LogP contribution >= 0.6 is 11.6 Å². The van der Waals surface area contributed by atoms with E-state index in [9.17, 15) is 9.59 Å². The average molecular weight is 339 g/mol. The van der Waals surface area contributed by atoms with E-state index in [1.165, 1.54) is 0 Å². The Bertz CT molecular complexity index is 544. The van der Waals surface area contributed by atoms with Gasteiger partial charge in [0.05, 0.1) is 6.42 Å². The number of amides is 2. The van der Waals surface area contributed by atoms with Crippen molar-refractivity contribution >= 4 is 23.4 Å². The number of benzene rings is 1. The normalized spacial score (nSPS) is 15.2. The summed E-state index contributed by atoms with van der Waals surface area (Å²) in [6.07, 6.45) is 2.00. The molecule has 5 nitrogen and oxygen atoms in total. The van der Waals surface area contributed by atoms with Crippen LogP contribution in [0.1, 0.15) is 25.3 Å². The highest BCUT2D eigenvalue weighted by molar-refractivity contribution is 6.30. The van der Waals surface area contributed by atoms with Crippen molar-refractivity contribution < 1.29 is 14.3 Å². The fourth-order valence-electron chi connectivity index (χ4n) is 2.80. The van der Waals surface area contributed by atoms with Crippen molar-refractivity contribution in [3.8, 4) is 0 Å². The number of rotatable bonds is 6. The molecular formula is C17H23ClN2O3. The summed E-state index contributed by atoms with van der Waals surface area (Å²) in [5.74, 6) is -0.0243. The minimum atomic E-state index is -0.0669. The van der Waals surface area contributed by atoms with E-state index in [0.29, 0.717) is 31.3 Å². The molecule has 1 heterocycles. The predicted octanol–water partition coefficient (Wildman–Crippen LogP) is 2.03. The van der Waals surface area contributed by atoms with Crippen molar-refractivity contribution in [2.75, 3.05) is 26.3 Å². The number of carbonyl (C=O) groups is 2. The van der Waals surface area contributed by atoms with Crippen LogP contribution < -0.4 is 5.32 Å². The zero-order valence-electron chi connectivity index (χ0n) is 13.4. The Kier molecular flexibility index (Phi) is 6.86. The fraction of sp³-hybridized carbons (Fsp3) is 0.529. The molecule has 1 N–H and O–H groups in total. The molecule has 0 spiro atoms. The highest BCUT2D eigenvalue weighted by Crippen LogP contribution is 2.14. The lowest BCUT2D eigenvalue weighted by molar-refractivity contribution is -0.133. The number of hydrogen-bond donors (Lipinski definition) is 1. The molecule has 1 aromatic rings. The zero-order chi connectivity index (χ0) is 16.7. The molecule has 0 atom stereocenters. The van der Waals surface area contributed by atoms with Crippen LogP contribution in [-0.4, -0.2) is 49.1 Å². The third-order valence-electron chi connectivity index (χ3n) is 3.96. The Morgan fingerprint density at radius 1 is 1.35 bits per heavy atom. The van der Waals surface area contributed by atoms with E-state index >= 15 is 0 Å². The van der Waals surface area contributed by atoms with E-state index in [1.54, 1.807) is 19.1 Å². The average Bonchev–Trinajstić information content (AvgIpc) is 2.52. The summed E-state index contributed by atoms with van der Waals surface area (Å²) in [7, 11) is 0. The van der Waals surface area contributed by atoms with Crippen molar-refractivity contribution in [3.63, 3.8) is 0 Å². The van der Waals surface area contributed by atoms with Crippen LogP contribution in [0, 0.1) is 0 Å². The zero-order valence-corrected chi connectivity index (χ0v) is 14.1. The van der Waals surface area contributed by atoms with Crippen molar-refractivity contribution in [2.24, 2.45) is 0 Å². The Morgan fingerprint density at radius 2 is 2.09 bits per heavy atom. The summed E-state index contributed by atoms with van der Waals surface area (Å²) in [4.78, 5) is 25.6. The summed E-state index contributed by atoms with van der Waals surface area (Å²) in [5.41, 5.74) is 0.878. The molecule has 0 saturated carbocycles. The Balaban J connectivity index is 1.77. The van der Waals surface area contributed by atoms with Gasteiger partial charge in [0.25, 0.3) is 0 Å². The Hall–Kier alpha value is -1.59. The Labute approximate surface area is 141 Å². The van der Waals surface area contributed by atoms with Gasteiger partial charge in [-0.2, -0.15) is 0 Å². The molecule has 1 aliphatic rings. The highest BCUT2D eigenvalue weighted by atomic mass is 35.5. The van der Waals surface area contributed by atoms with Crippen molar-refractivity contribution in [3.05, 3.63) is 34.9 Å². The van der Waals surface area contributed by atoms with E-state index in [1.807, 2.05) is 17.0 Å². The van der Waals surface area contributed by atoms with Gasteiger partial charge in [0.2, 0.25) is 11.8 Å². The third-order valence-corrected chi connectivity index (χ3v) is 4.20. The van der Waals surface area contributed by atoms with E-state index in [-0.39, 0.29) is 24.3 Å². The molecule has 1 saturated heterocycles. The number of nitrogens with one attached hydrogen (secondary N) is 1. The molecule has 2 rings (SSSR count). The minimum absolute atomic E-state index is 0.0426. The SMILES string of the molecule is CC(=O)N(CCNC(=O)Cc1cccc(Cl)c1)C1CCOCC1. The maximum Gasteiger partial charge on any atom is 0.224 e. The van der Waals surface area contributed by atoms with Crippen molar-refractivity contribution in [1.29, 1.82) is 0 Å². The van der Waals surface area contributed by atoms with Gasteiger partial charge in [0.1, 0.15) is 0 Å². The van der Waals surface area contributed by atoms with Gasteiger partial charge in [-0.3, -0.25) is 9.59 Å². The van der Waals surface area contributed by atoms with Gasteiger partial charge in [-0.1, -0.05) is 23.7 Å². The molecule has 0 unspecified atom stereocenters. The monoisotopic (exact) mass is 338 g/mol. The topological polar surface area (TPSA) is 58.6 Å². The minimum Gasteiger partial charge on any atom is -0.381 e. The first-order valence-electron chi connectivity index (χ1n) is 7.92. The van der Waals surface area contributed by atoms with Gasteiger partial charge in [-0.05, 0) is 30.5 Å². The van der Waals surface area contributed by atoms with Crippen LogP contribution in [0.2, 0.25) is 5.02 Å². The van der Waals surface area contributed by atoms with Crippen LogP contribution in [-0.2, 0) is 20.7 Å². The number of hydrogen-bond acceptors (Lipinski definition) is 3. The molecule has 0 radical (unpaired) electrons. The van der Waals surface area contributed by atoms with Crippen LogP contribution in [0.4, 0.5) is 0 Å². The molecule has 0 aromatic heterocycles.